The lowest BCUT2D eigenvalue weighted by Gasteiger charge is -2.16. The van der Waals surface area contributed by atoms with Gasteiger partial charge in [-0.2, -0.15) is 0 Å². The summed E-state index contributed by atoms with van der Waals surface area (Å²) in [6, 6.07) is 1.98. The summed E-state index contributed by atoms with van der Waals surface area (Å²) in [5.41, 5.74) is 1.10. The highest BCUT2D eigenvalue weighted by molar-refractivity contribution is 7.10. The van der Waals surface area contributed by atoms with Crippen LogP contribution in [0, 0.1) is 23.7 Å². The van der Waals surface area contributed by atoms with Gasteiger partial charge in [-0.1, -0.05) is 18.8 Å². The predicted octanol–water partition coefficient (Wildman–Crippen LogP) is 1.71. The molecule has 0 spiro atoms. The molecule has 1 aliphatic rings. The topological polar surface area (TPSA) is 40.5 Å². The molecule has 1 fully saturated rings. The highest BCUT2D eigenvalue weighted by Crippen LogP contribution is 2.39. The van der Waals surface area contributed by atoms with E-state index in [0.29, 0.717) is 12.5 Å². The molecule has 18 heavy (non-hydrogen) atoms. The second-order valence-corrected chi connectivity index (χ2v) is 5.70. The largest absolute Gasteiger partial charge is 0.384 e. The number of nitrogens with zero attached hydrogens (tertiary/aromatic N) is 1. The van der Waals surface area contributed by atoms with E-state index in [1.807, 2.05) is 18.5 Å². The van der Waals surface area contributed by atoms with Crippen LogP contribution in [0.25, 0.3) is 0 Å². The quantitative estimate of drug-likeness (QED) is 0.843. The van der Waals surface area contributed by atoms with Crippen LogP contribution in [0.1, 0.15) is 23.8 Å². The minimum atomic E-state index is -0.120. The lowest BCUT2D eigenvalue weighted by molar-refractivity contribution is -0.132. The number of hydrogen-bond donors (Lipinski definition) is 1. The van der Waals surface area contributed by atoms with E-state index in [4.69, 9.17) is 5.11 Å². The molecule has 2 unspecified atom stereocenters. The Kier molecular flexibility index (Phi) is 4.05. The average molecular weight is 263 g/mol. The predicted molar refractivity (Wildman–Crippen MR) is 72.0 cm³/mol. The maximum Gasteiger partial charge on any atom is 0.226 e. The maximum absolute atomic E-state index is 12.0. The van der Waals surface area contributed by atoms with Gasteiger partial charge in [0, 0.05) is 19.5 Å². The van der Waals surface area contributed by atoms with Crippen molar-refractivity contribution in [1.82, 2.24) is 4.90 Å². The molecule has 0 bridgehead atoms. The van der Waals surface area contributed by atoms with Crippen LogP contribution >= 0.6 is 11.3 Å². The summed E-state index contributed by atoms with van der Waals surface area (Å²) in [6.45, 7) is 2.63. The molecule has 1 aliphatic carbocycles. The summed E-state index contributed by atoms with van der Waals surface area (Å²) in [6.07, 6.45) is 1.03. The fourth-order valence-electron chi connectivity index (χ4n) is 1.95. The zero-order chi connectivity index (χ0) is 13.1. The summed E-state index contributed by atoms with van der Waals surface area (Å²) >= 11 is 1.55. The summed E-state index contributed by atoms with van der Waals surface area (Å²) in [5, 5.41) is 10.6. The third kappa shape index (κ3) is 3.12. The van der Waals surface area contributed by atoms with E-state index in [2.05, 4.69) is 18.8 Å². The van der Waals surface area contributed by atoms with Gasteiger partial charge in [-0.3, -0.25) is 4.79 Å². The van der Waals surface area contributed by atoms with E-state index in [-0.39, 0.29) is 18.4 Å². The fourth-order valence-corrected chi connectivity index (χ4v) is 2.72. The second kappa shape index (κ2) is 5.55. The van der Waals surface area contributed by atoms with E-state index >= 15 is 0 Å². The minimum Gasteiger partial charge on any atom is -0.384 e. The summed E-state index contributed by atoms with van der Waals surface area (Å²) < 4.78 is 0. The summed E-state index contributed by atoms with van der Waals surface area (Å²) in [7, 11) is 1.85. The Hall–Kier alpha value is -1.31. The fraction of sp³-hybridized carbons (Fsp3) is 0.500. The smallest absolute Gasteiger partial charge is 0.226 e. The summed E-state index contributed by atoms with van der Waals surface area (Å²) in [5.74, 6) is 6.53. The Labute approximate surface area is 111 Å². The second-order valence-electron chi connectivity index (χ2n) is 4.79. The van der Waals surface area contributed by atoms with Gasteiger partial charge in [0.25, 0.3) is 0 Å². The van der Waals surface area contributed by atoms with Crippen LogP contribution < -0.4 is 0 Å². The molecule has 1 aromatic heterocycles. The number of rotatable bonds is 3. The van der Waals surface area contributed by atoms with Gasteiger partial charge >= 0.3 is 0 Å². The molecule has 1 amide bonds. The molecule has 1 N–H and O–H groups in total. The normalized spacial score (nSPS) is 21.1. The van der Waals surface area contributed by atoms with Crippen molar-refractivity contribution in [3.05, 3.63) is 21.9 Å². The maximum atomic E-state index is 12.0. The third-order valence-corrected chi connectivity index (χ3v) is 4.06. The van der Waals surface area contributed by atoms with Crippen LogP contribution in [-0.2, 0) is 11.3 Å². The van der Waals surface area contributed by atoms with Crippen LogP contribution in [0.3, 0.4) is 0 Å². The number of carbonyl (C=O) groups is 1. The van der Waals surface area contributed by atoms with E-state index < -0.39 is 0 Å². The van der Waals surface area contributed by atoms with E-state index in [9.17, 15) is 4.79 Å². The third-order valence-electron chi connectivity index (χ3n) is 3.17. The molecule has 1 saturated carbocycles. The van der Waals surface area contributed by atoms with E-state index in [1.54, 1.807) is 16.2 Å². The van der Waals surface area contributed by atoms with Crippen molar-refractivity contribution in [3.63, 3.8) is 0 Å². The molecule has 0 aromatic carbocycles. The van der Waals surface area contributed by atoms with Gasteiger partial charge in [0.2, 0.25) is 5.91 Å². The first-order valence-electron chi connectivity index (χ1n) is 6.04. The number of carbonyl (C=O) groups excluding carboxylic acids is 1. The Balaban J connectivity index is 1.92. The highest BCUT2D eigenvalue weighted by atomic mass is 32.1. The molecule has 1 aromatic rings. The number of aliphatic hydroxyl groups is 1. The molecule has 4 heteroatoms. The first-order valence-corrected chi connectivity index (χ1v) is 6.92. The molecule has 3 nitrogen and oxygen atoms in total. The first kappa shape index (κ1) is 13.1. The van der Waals surface area contributed by atoms with Gasteiger partial charge in [-0.15, -0.1) is 11.3 Å². The van der Waals surface area contributed by atoms with Crippen LogP contribution in [0.15, 0.2) is 11.4 Å². The van der Waals surface area contributed by atoms with Crippen molar-refractivity contribution >= 4 is 17.2 Å². The van der Waals surface area contributed by atoms with E-state index in [1.165, 1.54) is 0 Å². The molecule has 0 radical (unpaired) electrons. The monoisotopic (exact) mass is 263 g/mol. The number of hydrogen-bond acceptors (Lipinski definition) is 3. The average Bonchev–Trinajstić information content (AvgIpc) is 2.91. The lowest BCUT2D eigenvalue weighted by Crippen LogP contribution is -2.27. The molecule has 0 saturated heterocycles. The number of thiophene rings is 1. The zero-order valence-corrected chi connectivity index (χ0v) is 11.5. The Bertz CT molecular complexity index is 497. The first-order chi connectivity index (χ1) is 8.61. The highest BCUT2D eigenvalue weighted by Gasteiger charge is 2.40. The van der Waals surface area contributed by atoms with Crippen molar-refractivity contribution in [2.24, 2.45) is 11.8 Å². The standard InChI is InChI=1S/C14H17NO2S/c1-10-6-13(10)14(17)15(2)8-11-7-12(18-9-11)4-3-5-16/h7,9-10,13,16H,5-6,8H2,1-2H3. The molecule has 96 valence electrons. The number of aliphatic hydroxyl groups excluding tert-OH is 1. The van der Waals surface area contributed by atoms with Gasteiger partial charge < -0.3 is 10.0 Å². The van der Waals surface area contributed by atoms with Gasteiger partial charge in [-0.05, 0) is 29.3 Å². The molecule has 2 atom stereocenters. The van der Waals surface area contributed by atoms with Crippen LogP contribution in [-0.4, -0.2) is 29.6 Å². The van der Waals surface area contributed by atoms with Gasteiger partial charge in [0.1, 0.15) is 6.61 Å². The van der Waals surface area contributed by atoms with Gasteiger partial charge in [0.15, 0.2) is 0 Å². The van der Waals surface area contributed by atoms with Crippen molar-refractivity contribution in [3.8, 4) is 11.8 Å². The lowest BCUT2D eigenvalue weighted by atomic mass is 10.2. The van der Waals surface area contributed by atoms with Crippen molar-refractivity contribution < 1.29 is 9.90 Å². The molecule has 2 rings (SSSR count). The van der Waals surface area contributed by atoms with Crippen LogP contribution in [0.2, 0.25) is 0 Å². The molecule has 0 aliphatic heterocycles. The minimum absolute atomic E-state index is 0.120. The molecular weight excluding hydrogens is 246 g/mol. The van der Waals surface area contributed by atoms with E-state index in [0.717, 1.165) is 16.9 Å². The summed E-state index contributed by atoms with van der Waals surface area (Å²) in [4.78, 5) is 14.7. The molecule has 1 heterocycles. The molecular formula is C14H17NO2S. The zero-order valence-electron chi connectivity index (χ0n) is 10.6. The van der Waals surface area contributed by atoms with Gasteiger partial charge in [-0.25, -0.2) is 0 Å². The Morgan fingerprint density at radius 2 is 2.39 bits per heavy atom. The Morgan fingerprint density at radius 1 is 1.67 bits per heavy atom. The van der Waals surface area contributed by atoms with Crippen LogP contribution in [0.5, 0.6) is 0 Å². The van der Waals surface area contributed by atoms with Gasteiger partial charge in [0.05, 0.1) is 4.88 Å². The Morgan fingerprint density at radius 3 is 3.00 bits per heavy atom. The SMILES string of the molecule is CC1CC1C(=O)N(C)Cc1csc(C#CCO)c1. The van der Waals surface area contributed by atoms with Crippen molar-refractivity contribution in [2.45, 2.75) is 19.9 Å². The van der Waals surface area contributed by atoms with Crippen molar-refractivity contribution in [2.75, 3.05) is 13.7 Å². The number of amides is 1. The van der Waals surface area contributed by atoms with Crippen LogP contribution in [0.4, 0.5) is 0 Å². The van der Waals surface area contributed by atoms with Crippen molar-refractivity contribution in [1.29, 1.82) is 0 Å².